The molecule has 25 heavy (non-hydrogen) atoms. The average molecular weight is 344 g/mol. The summed E-state index contributed by atoms with van der Waals surface area (Å²) < 4.78 is 10.0. The van der Waals surface area contributed by atoms with Crippen molar-refractivity contribution in [2.75, 3.05) is 13.2 Å². The number of ketones is 1. The smallest absolute Gasteiger partial charge is 0.330 e. The van der Waals surface area contributed by atoms with Crippen LogP contribution in [0.1, 0.15) is 15.9 Å². The number of ether oxygens (including phenoxy) is 2. The van der Waals surface area contributed by atoms with E-state index >= 15 is 0 Å². The molecule has 130 valence electrons. The topological polar surface area (TPSA) is 113 Å². The summed E-state index contributed by atoms with van der Waals surface area (Å²) in [5, 5.41) is 29.0. The Hall–Kier alpha value is -3.48. The highest BCUT2D eigenvalue weighted by atomic mass is 16.6. The molecule has 3 N–H and O–H groups in total. The maximum absolute atomic E-state index is 12.4. The Morgan fingerprint density at radius 1 is 0.960 bits per heavy atom. The van der Waals surface area contributed by atoms with Gasteiger partial charge >= 0.3 is 5.97 Å². The van der Waals surface area contributed by atoms with Crippen LogP contribution in [-0.2, 0) is 9.53 Å². The highest BCUT2D eigenvalue weighted by molar-refractivity contribution is 6.12. The van der Waals surface area contributed by atoms with E-state index in [0.29, 0.717) is 0 Å². The van der Waals surface area contributed by atoms with E-state index < -0.39 is 17.5 Å². The molecular formula is C18H16O7. The summed E-state index contributed by atoms with van der Waals surface area (Å²) in [6, 6.07) is 7.58. The fourth-order valence-electron chi connectivity index (χ4n) is 2.01. The Morgan fingerprint density at radius 2 is 1.60 bits per heavy atom. The standard InChI is InChI=1S/C18H16O7/c1-2-17(22)25-8-7-24-12-4-6-14(16(21)10-12)18(23)13-5-3-11(19)9-15(13)20/h2-6,9-10,19-21H,1,7-8H2. The van der Waals surface area contributed by atoms with Gasteiger partial charge in [-0.05, 0) is 24.3 Å². The number of hydrogen-bond acceptors (Lipinski definition) is 7. The fourth-order valence-corrected chi connectivity index (χ4v) is 2.01. The van der Waals surface area contributed by atoms with Crippen molar-refractivity contribution >= 4 is 11.8 Å². The largest absolute Gasteiger partial charge is 0.508 e. The van der Waals surface area contributed by atoms with Gasteiger partial charge in [0.25, 0.3) is 0 Å². The summed E-state index contributed by atoms with van der Waals surface area (Å²) in [5.41, 5.74) is -0.0930. The first-order valence-electron chi connectivity index (χ1n) is 7.24. The molecule has 0 radical (unpaired) electrons. The zero-order chi connectivity index (χ0) is 18.4. The minimum Gasteiger partial charge on any atom is -0.508 e. The zero-order valence-corrected chi connectivity index (χ0v) is 13.1. The predicted molar refractivity (Wildman–Crippen MR) is 88.0 cm³/mol. The van der Waals surface area contributed by atoms with Crippen molar-refractivity contribution in [3.8, 4) is 23.0 Å². The first-order valence-corrected chi connectivity index (χ1v) is 7.24. The predicted octanol–water partition coefficient (Wildman–Crippen LogP) is 2.14. The summed E-state index contributed by atoms with van der Waals surface area (Å²) in [7, 11) is 0. The Balaban J connectivity index is 2.07. The minimum atomic E-state index is -0.610. The van der Waals surface area contributed by atoms with Gasteiger partial charge in [-0.15, -0.1) is 0 Å². The van der Waals surface area contributed by atoms with Crippen molar-refractivity contribution in [3.63, 3.8) is 0 Å². The van der Waals surface area contributed by atoms with Gasteiger partial charge in [0, 0.05) is 18.2 Å². The van der Waals surface area contributed by atoms with Crippen LogP contribution >= 0.6 is 0 Å². The normalized spacial score (nSPS) is 10.1. The van der Waals surface area contributed by atoms with Crippen LogP contribution in [0.25, 0.3) is 0 Å². The molecule has 0 atom stereocenters. The van der Waals surface area contributed by atoms with Crippen LogP contribution < -0.4 is 4.74 Å². The molecule has 0 fully saturated rings. The van der Waals surface area contributed by atoms with Gasteiger partial charge < -0.3 is 24.8 Å². The molecule has 0 saturated carbocycles. The van der Waals surface area contributed by atoms with E-state index in [0.717, 1.165) is 12.1 Å². The van der Waals surface area contributed by atoms with Crippen molar-refractivity contribution in [2.45, 2.75) is 0 Å². The Bertz CT molecular complexity index is 811. The summed E-state index contributed by atoms with van der Waals surface area (Å²) in [5.74, 6) is -1.81. The van der Waals surface area contributed by atoms with Crippen LogP contribution in [0.5, 0.6) is 23.0 Å². The maximum atomic E-state index is 12.4. The monoisotopic (exact) mass is 344 g/mol. The second kappa shape index (κ2) is 7.87. The van der Waals surface area contributed by atoms with E-state index in [2.05, 4.69) is 6.58 Å². The van der Waals surface area contributed by atoms with Crippen LogP contribution in [0, 0.1) is 0 Å². The number of hydrogen-bond donors (Lipinski definition) is 3. The summed E-state index contributed by atoms with van der Waals surface area (Å²) in [6.45, 7) is 3.33. The lowest BCUT2D eigenvalue weighted by Crippen LogP contribution is -2.10. The molecular weight excluding hydrogens is 328 g/mol. The van der Waals surface area contributed by atoms with Gasteiger partial charge in [-0.3, -0.25) is 4.79 Å². The molecule has 0 amide bonds. The molecule has 0 aliphatic rings. The van der Waals surface area contributed by atoms with Gasteiger partial charge in [0.05, 0.1) is 11.1 Å². The summed E-state index contributed by atoms with van der Waals surface area (Å²) >= 11 is 0. The third-order valence-corrected chi connectivity index (χ3v) is 3.20. The number of phenols is 3. The van der Waals surface area contributed by atoms with Crippen molar-refractivity contribution < 1.29 is 34.4 Å². The van der Waals surface area contributed by atoms with Crippen LogP contribution in [0.2, 0.25) is 0 Å². The van der Waals surface area contributed by atoms with E-state index in [9.17, 15) is 24.9 Å². The highest BCUT2D eigenvalue weighted by Gasteiger charge is 2.18. The first kappa shape index (κ1) is 17.9. The molecule has 7 nitrogen and oxygen atoms in total. The SMILES string of the molecule is C=CC(=O)OCCOc1ccc(C(=O)c2ccc(O)cc2O)c(O)c1. The Labute approximate surface area is 143 Å². The van der Waals surface area contributed by atoms with Gasteiger partial charge in [0.2, 0.25) is 0 Å². The van der Waals surface area contributed by atoms with E-state index in [-0.39, 0.29) is 41.6 Å². The molecule has 0 unspecified atom stereocenters. The number of phenolic OH excluding ortho intramolecular Hbond substituents is 3. The molecule has 7 heteroatoms. The highest BCUT2D eigenvalue weighted by Crippen LogP contribution is 2.30. The first-order chi connectivity index (χ1) is 11.9. The molecule has 0 spiro atoms. The van der Waals surface area contributed by atoms with E-state index in [1.54, 1.807) is 0 Å². The second-order valence-electron chi connectivity index (χ2n) is 4.93. The number of esters is 1. The average Bonchev–Trinajstić information content (AvgIpc) is 2.58. The van der Waals surface area contributed by atoms with Gasteiger partial charge in [-0.25, -0.2) is 4.79 Å². The van der Waals surface area contributed by atoms with Crippen LogP contribution in [0.4, 0.5) is 0 Å². The van der Waals surface area contributed by atoms with Gasteiger partial charge in [-0.1, -0.05) is 6.58 Å². The molecule has 0 aromatic heterocycles. The third kappa shape index (κ3) is 4.51. The molecule has 2 rings (SSSR count). The maximum Gasteiger partial charge on any atom is 0.330 e. The van der Waals surface area contributed by atoms with Crippen LogP contribution in [0.3, 0.4) is 0 Å². The van der Waals surface area contributed by atoms with E-state index in [4.69, 9.17) is 9.47 Å². The van der Waals surface area contributed by atoms with Crippen molar-refractivity contribution in [1.29, 1.82) is 0 Å². The van der Waals surface area contributed by atoms with Gasteiger partial charge in [0.1, 0.15) is 36.2 Å². The van der Waals surface area contributed by atoms with Crippen molar-refractivity contribution in [2.24, 2.45) is 0 Å². The van der Waals surface area contributed by atoms with E-state index in [1.807, 2.05) is 0 Å². The van der Waals surface area contributed by atoms with Crippen LogP contribution in [0.15, 0.2) is 49.1 Å². The summed E-state index contributed by atoms with van der Waals surface area (Å²) in [6.07, 6.45) is 1.03. The van der Waals surface area contributed by atoms with Gasteiger partial charge in [0.15, 0.2) is 5.78 Å². The number of carbonyl (C=O) groups excluding carboxylic acids is 2. The molecule has 0 saturated heterocycles. The number of rotatable bonds is 7. The van der Waals surface area contributed by atoms with E-state index in [1.165, 1.54) is 30.3 Å². The molecule has 0 aliphatic heterocycles. The quantitative estimate of drug-likeness (QED) is 0.305. The Kier molecular flexibility index (Phi) is 5.62. The molecule has 0 heterocycles. The minimum absolute atomic E-state index is 0.00762. The summed E-state index contributed by atoms with van der Waals surface area (Å²) in [4.78, 5) is 23.2. The van der Waals surface area contributed by atoms with Crippen molar-refractivity contribution in [3.05, 3.63) is 60.2 Å². The number of carbonyl (C=O) groups is 2. The Morgan fingerprint density at radius 3 is 2.20 bits per heavy atom. The number of aromatic hydroxyl groups is 3. The molecule has 2 aromatic rings. The molecule has 2 aromatic carbocycles. The molecule has 0 aliphatic carbocycles. The number of benzene rings is 2. The lowest BCUT2D eigenvalue weighted by Gasteiger charge is -2.10. The van der Waals surface area contributed by atoms with Crippen molar-refractivity contribution in [1.82, 2.24) is 0 Å². The van der Waals surface area contributed by atoms with Crippen LogP contribution in [-0.4, -0.2) is 40.3 Å². The lowest BCUT2D eigenvalue weighted by atomic mass is 10.0. The molecule has 0 bridgehead atoms. The lowest BCUT2D eigenvalue weighted by molar-refractivity contribution is -0.138. The van der Waals surface area contributed by atoms with Gasteiger partial charge in [-0.2, -0.15) is 0 Å². The zero-order valence-electron chi connectivity index (χ0n) is 13.1. The third-order valence-electron chi connectivity index (χ3n) is 3.20. The second-order valence-corrected chi connectivity index (χ2v) is 4.93. The fraction of sp³-hybridized carbons (Fsp3) is 0.111.